The van der Waals surface area contributed by atoms with Crippen LogP contribution in [0.5, 0.6) is 0 Å². The molecule has 0 aromatic rings. The van der Waals surface area contributed by atoms with Crippen LogP contribution in [-0.4, -0.2) is 0 Å². The highest BCUT2D eigenvalue weighted by atomic mass is 35.5. The van der Waals surface area contributed by atoms with Crippen LogP contribution in [0.15, 0.2) is 8.98 Å². The van der Waals surface area contributed by atoms with Gasteiger partial charge in [0.15, 0.2) is 0 Å². The highest BCUT2D eigenvalue weighted by molar-refractivity contribution is 6.67. The lowest BCUT2D eigenvalue weighted by Gasteiger charge is -1.75. The topological polar surface area (TPSA) is 0 Å². The van der Waals surface area contributed by atoms with E-state index in [2.05, 4.69) is 0 Å². The van der Waals surface area contributed by atoms with Gasteiger partial charge in [0.05, 0.1) is 0 Å². The van der Waals surface area contributed by atoms with Crippen LogP contribution in [0.4, 0.5) is 0 Å². The van der Waals surface area contributed by atoms with Gasteiger partial charge in [0.1, 0.15) is 8.98 Å². The molecule has 0 saturated heterocycles. The third-order valence-corrected chi connectivity index (χ3v) is 1.29. The van der Waals surface area contributed by atoms with Gasteiger partial charge in [-0.3, -0.25) is 0 Å². The first-order valence-corrected chi connectivity index (χ1v) is 2.52. The summed E-state index contributed by atoms with van der Waals surface area (Å²) in [4.78, 5) is 0. The van der Waals surface area contributed by atoms with E-state index in [1.165, 1.54) is 0 Å². The van der Waals surface area contributed by atoms with Crippen molar-refractivity contribution >= 4 is 46.4 Å². The van der Waals surface area contributed by atoms with Crippen molar-refractivity contribution in [3.05, 3.63) is 8.98 Å². The van der Waals surface area contributed by atoms with Gasteiger partial charge in [0.2, 0.25) is 0 Å². The number of hydrogen-bond acceptors (Lipinski definition) is 0. The van der Waals surface area contributed by atoms with Crippen molar-refractivity contribution in [1.29, 1.82) is 0 Å². The van der Waals surface area contributed by atoms with E-state index in [-0.39, 0.29) is 16.4 Å². The minimum absolute atomic E-state index is 0. The van der Waals surface area contributed by atoms with E-state index in [1.807, 2.05) is 0 Å². The molecule has 0 aromatic heterocycles. The van der Waals surface area contributed by atoms with Crippen LogP contribution in [0.2, 0.25) is 0 Å². The highest BCUT2D eigenvalue weighted by Gasteiger charge is 1.88. The Morgan fingerprint density at radius 1 is 0.714 bits per heavy atom. The molecule has 0 fully saturated rings. The Bertz CT molecular complexity index is 57.0. The van der Waals surface area contributed by atoms with Crippen LogP contribution in [0, 0.1) is 0 Å². The van der Waals surface area contributed by atoms with Crippen molar-refractivity contribution in [2.75, 3.05) is 0 Å². The van der Waals surface area contributed by atoms with Crippen LogP contribution in [0.1, 0.15) is 7.43 Å². The van der Waals surface area contributed by atoms with Gasteiger partial charge in [-0.25, -0.2) is 0 Å². The standard InChI is InChI=1S/C2Cl4.CH4/c3-1(4)2(5)6;/h;1H4. The molecule has 7 heavy (non-hydrogen) atoms. The molecule has 0 bridgehead atoms. The molecule has 0 amide bonds. The molecule has 0 aliphatic heterocycles. The molecular formula is C3H4Cl4. The van der Waals surface area contributed by atoms with Gasteiger partial charge in [0.25, 0.3) is 0 Å². The number of halogens is 4. The molecule has 0 aromatic carbocycles. The first-order chi connectivity index (χ1) is 2.64. The molecule has 0 aliphatic carbocycles. The zero-order valence-corrected chi connectivity index (χ0v) is 5.54. The second-order valence-electron chi connectivity index (χ2n) is 0.521. The molecular weight excluding hydrogens is 178 g/mol. The summed E-state index contributed by atoms with van der Waals surface area (Å²) < 4.78 is -0.198. The van der Waals surface area contributed by atoms with Crippen molar-refractivity contribution in [2.45, 2.75) is 7.43 Å². The summed E-state index contributed by atoms with van der Waals surface area (Å²) in [5.41, 5.74) is 0. The molecule has 0 heterocycles. The van der Waals surface area contributed by atoms with Crippen LogP contribution >= 0.6 is 46.4 Å². The van der Waals surface area contributed by atoms with Gasteiger partial charge in [-0.1, -0.05) is 53.8 Å². The Balaban J connectivity index is 0. The largest absolute Gasteiger partial charge is 0.136 e. The second-order valence-corrected chi connectivity index (χ2v) is 2.42. The van der Waals surface area contributed by atoms with Gasteiger partial charge < -0.3 is 0 Å². The van der Waals surface area contributed by atoms with Gasteiger partial charge in [0, 0.05) is 0 Å². The Kier molecular flexibility index (Phi) is 7.79. The molecule has 4 heteroatoms. The SMILES string of the molecule is C.ClC(Cl)=C(Cl)Cl. The van der Waals surface area contributed by atoms with Crippen molar-refractivity contribution in [3.8, 4) is 0 Å². The van der Waals surface area contributed by atoms with Gasteiger partial charge in [-0.2, -0.15) is 0 Å². The van der Waals surface area contributed by atoms with Gasteiger partial charge >= 0.3 is 0 Å². The molecule has 0 saturated carbocycles. The van der Waals surface area contributed by atoms with E-state index >= 15 is 0 Å². The lowest BCUT2D eigenvalue weighted by atomic mass is 11.2. The third-order valence-electron chi connectivity index (χ3n) is 0.143. The van der Waals surface area contributed by atoms with E-state index in [0.29, 0.717) is 0 Å². The number of hydrogen-bond donors (Lipinski definition) is 0. The first-order valence-electron chi connectivity index (χ1n) is 1.01. The summed E-state index contributed by atoms with van der Waals surface area (Å²) in [5.74, 6) is 0. The van der Waals surface area contributed by atoms with E-state index in [0.717, 1.165) is 0 Å². The number of rotatable bonds is 0. The fraction of sp³-hybridized carbons (Fsp3) is 0.333. The minimum atomic E-state index is -0.0988. The Morgan fingerprint density at radius 2 is 0.857 bits per heavy atom. The smallest absolute Gasteiger partial charge is 0.0776 e. The summed E-state index contributed by atoms with van der Waals surface area (Å²) >= 11 is 20.0. The van der Waals surface area contributed by atoms with Crippen molar-refractivity contribution in [1.82, 2.24) is 0 Å². The Morgan fingerprint density at radius 3 is 0.857 bits per heavy atom. The monoisotopic (exact) mass is 180 g/mol. The summed E-state index contributed by atoms with van der Waals surface area (Å²) in [6.07, 6.45) is 0. The molecule has 0 radical (unpaired) electrons. The summed E-state index contributed by atoms with van der Waals surface area (Å²) in [6.45, 7) is 0. The molecule has 0 N–H and O–H groups in total. The fourth-order valence-corrected chi connectivity index (χ4v) is 0. The maximum Gasteiger partial charge on any atom is 0.136 e. The second kappa shape index (κ2) is 5.04. The summed E-state index contributed by atoms with van der Waals surface area (Å²) in [6, 6.07) is 0. The predicted molar refractivity (Wildman–Crippen MR) is 37.2 cm³/mol. The maximum absolute atomic E-state index is 4.99. The molecule has 44 valence electrons. The quantitative estimate of drug-likeness (QED) is 0.535. The van der Waals surface area contributed by atoms with E-state index in [9.17, 15) is 0 Å². The van der Waals surface area contributed by atoms with Crippen LogP contribution in [-0.2, 0) is 0 Å². The van der Waals surface area contributed by atoms with Crippen molar-refractivity contribution in [3.63, 3.8) is 0 Å². The average molecular weight is 182 g/mol. The normalized spacial score (nSPS) is 6.86. The zero-order valence-electron chi connectivity index (χ0n) is 2.51. The van der Waals surface area contributed by atoms with Gasteiger partial charge in [-0.05, 0) is 0 Å². The molecule has 0 rings (SSSR count). The molecule has 0 unspecified atom stereocenters. The molecule has 0 spiro atoms. The van der Waals surface area contributed by atoms with Crippen LogP contribution < -0.4 is 0 Å². The summed E-state index contributed by atoms with van der Waals surface area (Å²) in [7, 11) is 0. The lowest BCUT2D eigenvalue weighted by Crippen LogP contribution is -1.47. The van der Waals surface area contributed by atoms with Crippen LogP contribution in [0.25, 0.3) is 0 Å². The minimum Gasteiger partial charge on any atom is -0.0776 e. The lowest BCUT2D eigenvalue weighted by molar-refractivity contribution is 2.25. The fourth-order valence-electron chi connectivity index (χ4n) is 0. The third kappa shape index (κ3) is 6.90. The van der Waals surface area contributed by atoms with E-state index in [4.69, 9.17) is 46.4 Å². The average Bonchev–Trinajstić information content (AvgIpc) is 1.36. The summed E-state index contributed by atoms with van der Waals surface area (Å²) in [5, 5.41) is 0. The maximum atomic E-state index is 4.99. The predicted octanol–water partition coefficient (Wildman–Crippen LogP) is 3.70. The molecule has 0 aliphatic rings. The molecule has 0 atom stereocenters. The first kappa shape index (κ1) is 10.8. The van der Waals surface area contributed by atoms with E-state index < -0.39 is 0 Å². The van der Waals surface area contributed by atoms with Crippen LogP contribution in [0.3, 0.4) is 0 Å². The van der Waals surface area contributed by atoms with E-state index in [1.54, 1.807) is 0 Å². The van der Waals surface area contributed by atoms with Crippen molar-refractivity contribution in [2.24, 2.45) is 0 Å². The highest BCUT2D eigenvalue weighted by Crippen LogP contribution is 2.20. The zero-order chi connectivity index (χ0) is 5.15. The van der Waals surface area contributed by atoms with Gasteiger partial charge in [-0.15, -0.1) is 0 Å². The Labute approximate surface area is 63.0 Å². The Hall–Kier alpha value is 0.900. The molecule has 0 nitrogen and oxygen atoms in total. The van der Waals surface area contributed by atoms with Crippen molar-refractivity contribution < 1.29 is 0 Å².